The molecule has 0 radical (unpaired) electrons. The zero-order valence-electron chi connectivity index (χ0n) is 13.5. The monoisotopic (exact) mass is 301 g/mol. The Hall–Kier alpha value is -1.82. The first-order valence-corrected chi connectivity index (χ1v) is 6.80. The Labute approximate surface area is 126 Å². The second kappa shape index (κ2) is 12.0. The van der Waals surface area contributed by atoms with Crippen LogP contribution < -0.4 is 0 Å². The van der Waals surface area contributed by atoms with Crippen molar-refractivity contribution in [2.45, 2.75) is 40.0 Å². The Morgan fingerprint density at radius 2 is 1.62 bits per heavy atom. The molecule has 0 saturated carbocycles. The van der Waals surface area contributed by atoms with Crippen molar-refractivity contribution in [2.75, 3.05) is 20.7 Å². The number of carboxylic acid groups (broad SMARTS) is 2. The first-order valence-electron chi connectivity index (χ1n) is 6.80. The molecular formula is C15H27NO5. The van der Waals surface area contributed by atoms with E-state index in [1.807, 2.05) is 25.9 Å². The Balaban J connectivity index is 0. The summed E-state index contributed by atoms with van der Waals surface area (Å²) in [6.07, 6.45) is 3.70. The molecule has 6 nitrogen and oxygen atoms in total. The highest BCUT2D eigenvalue weighted by Gasteiger charge is 2.09. The highest BCUT2D eigenvalue weighted by atomic mass is 16.4. The van der Waals surface area contributed by atoms with Crippen molar-refractivity contribution >= 4 is 11.9 Å². The van der Waals surface area contributed by atoms with Gasteiger partial charge in [0.05, 0.1) is 5.57 Å². The molecule has 0 aliphatic carbocycles. The second-order valence-electron chi connectivity index (χ2n) is 4.73. The lowest BCUT2D eigenvalue weighted by Gasteiger charge is -2.18. The molecule has 0 unspecified atom stereocenters. The maximum Gasteiger partial charge on any atom is 0.333 e. The molecule has 0 fully saturated rings. The van der Waals surface area contributed by atoms with Crippen LogP contribution in [-0.2, 0) is 9.59 Å². The number of carbonyl (C=O) groups is 2. The van der Waals surface area contributed by atoms with Crippen molar-refractivity contribution in [3.63, 3.8) is 0 Å². The van der Waals surface area contributed by atoms with Gasteiger partial charge in [-0.3, -0.25) is 0 Å². The van der Waals surface area contributed by atoms with Gasteiger partial charge in [-0.05, 0) is 26.7 Å². The fourth-order valence-electron chi connectivity index (χ4n) is 1.48. The number of hydrogen-bond donors (Lipinski definition) is 3. The first kappa shape index (κ1) is 21.5. The normalized spacial score (nSPS) is 12.0. The first-order chi connectivity index (χ1) is 9.68. The van der Waals surface area contributed by atoms with E-state index in [4.69, 9.17) is 15.3 Å². The van der Waals surface area contributed by atoms with Crippen LogP contribution in [0.5, 0.6) is 0 Å². The summed E-state index contributed by atoms with van der Waals surface area (Å²) >= 11 is 0. The summed E-state index contributed by atoms with van der Waals surface area (Å²) in [5, 5.41) is 25.3. The van der Waals surface area contributed by atoms with Crippen molar-refractivity contribution in [1.82, 2.24) is 4.90 Å². The Kier molecular flexibility index (Phi) is 12.2. The van der Waals surface area contributed by atoms with Crippen molar-refractivity contribution in [3.8, 4) is 0 Å². The number of nitrogens with zero attached hydrogens (tertiary/aromatic N) is 1. The number of aliphatic carboxylic acids is 2. The van der Waals surface area contributed by atoms with Gasteiger partial charge in [-0.1, -0.05) is 19.4 Å². The van der Waals surface area contributed by atoms with E-state index in [9.17, 15) is 9.59 Å². The minimum atomic E-state index is -0.927. The van der Waals surface area contributed by atoms with Crippen molar-refractivity contribution in [1.29, 1.82) is 0 Å². The van der Waals surface area contributed by atoms with Gasteiger partial charge < -0.3 is 20.2 Å². The van der Waals surface area contributed by atoms with Crippen LogP contribution in [0.15, 0.2) is 22.9 Å². The van der Waals surface area contributed by atoms with E-state index in [0.29, 0.717) is 12.0 Å². The number of carboxylic acids is 2. The summed E-state index contributed by atoms with van der Waals surface area (Å²) in [5.74, 6) is -1.75. The van der Waals surface area contributed by atoms with Gasteiger partial charge in [0.25, 0.3) is 0 Å². The molecule has 0 saturated heterocycles. The molecule has 3 N–H and O–H groups in total. The molecule has 0 spiro atoms. The summed E-state index contributed by atoms with van der Waals surface area (Å²) in [7, 11) is 3.74. The zero-order chi connectivity index (χ0) is 17.0. The van der Waals surface area contributed by atoms with Crippen LogP contribution in [-0.4, -0.2) is 52.9 Å². The van der Waals surface area contributed by atoms with Gasteiger partial charge in [0.1, 0.15) is 0 Å². The largest absolute Gasteiger partial charge is 0.478 e. The van der Waals surface area contributed by atoms with E-state index in [1.54, 1.807) is 6.92 Å². The lowest BCUT2D eigenvalue weighted by atomic mass is 10.1. The maximum absolute atomic E-state index is 10.6. The van der Waals surface area contributed by atoms with E-state index in [2.05, 4.69) is 0 Å². The molecule has 0 aromatic carbocycles. The van der Waals surface area contributed by atoms with E-state index >= 15 is 0 Å². The zero-order valence-corrected chi connectivity index (χ0v) is 13.5. The molecule has 122 valence electrons. The number of aliphatic hydroxyl groups excluding tert-OH is 1. The van der Waals surface area contributed by atoms with Crippen molar-refractivity contribution < 1.29 is 24.9 Å². The standard InChI is InChI=1S/C9H17NO2.C6H10O3/c1-5-6-8(10(3)4)7(2)9(11)12;1-5(6(8)9)3-2-4-7/h5-6H2,1-4H3,(H,11,12);3,7H,2,4H2,1H3,(H,8,9)/b8-7+;5-3+. The highest BCUT2D eigenvalue weighted by Crippen LogP contribution is 2.13. The van der Waals surface area contributed by atoms with Gasteiger partial charge in [-0.15, -0.1) is 0 Å². The van der Waals surface area contributed by atoms with Crippen LogP contribution in [0.4, 0.5) is 0 Å². The molecule has 0 rings (SSSR count). The third kappa shape index (κ3) is 10.6. The second-order valence-corrected chi connectivity index (χ2v) is 4.73. The average Bonchev–Trinajstić information content (AvgIpc) is 2.41. The molecule has 0 bridgehead atoms. The quantitative estimate of drug-likeness (QED) is 0.623. The van der Waals surface area contributed by atoms with Crippen LogP contribution in [0.3, 0.4) is 0 Å². The predicted octanol–water partition coefficient (Wildman–Crippen LogP) is 2.11. The van der Waals surface area contributed by atoms with Crippen LogP contribution in [0.2, 0.25) is 0 Å². The Morgan fingerprint density at radius 3 is 1.90 bits per heavy atom. The van der Waals surface area contributed by atoms with Crippen LogP contribution in [0, 0.1) is 0 Å². The molecule has 6 heteroatoms. The van der Waals surface area contributed by atoms with Gasteiger partial charge in [0, 0.05) is 32.0 Å². The smallest absolute Gasteiger partial charge is 0.333 e. The highest BCUT2D eigenvalue weighted by molar-refractivity contribution is 5.86. The van der Waals surface area contributed by atoms with Crippen molar-refractivity contribution in [2.24, 2.45) is 0 Å². The Morgan fingerprint density at radius 1 is 1.10 bits per heavy atom. The van der Waals surface area contributed by atoms with Gasteiger partial charge in [0.15, 0.2) is 0 Å². The minimum Gasteiger partial charge on any atom is -0.478 e. The molecule has 21 heavy (non-hydrogen) atoms. The number of rotatable bonds is 7. The van der Waals surface area contributed by atoms with E-state index in [-0.39, 0.29) is 12.2 Å². The lowest BCUT2D eigenvalue weighted by Crippen LogP contribution is -2.16. The van der Waals surface area contributed by atoms with E-state index in [1.165, 1.54) is 13.0 Å². The minimum absolute atomic E-state index is 0.00458. The summed E-state index contributed by atoms with van der Waals surface area (Å²) in [6.45, 7) is 5.19. The van der Waals surface area contributed by atoms with Gasteiger partial charge in [0.2, 0.25) is 0 Å². The van der Waals surface area contributed by atoms with Crippen LogP contribution in [0.1, 0.15) is 40.0 Å². The summed E-state index contributed by atoms with van der Waals surface area (Å²) in [4.78, 5) is 22.6. The number of aliphatic hydroxyl groups is 1. The SMILES string of the molecule is C/C(=C\CCO)C(=O)O.CCC/C(=C(/C)C(=O)O)N(C)C. The third-order valence-electron chi connectivity index (χ3n) is 2.70. The lowest BCUT2D eigenvalue weighted by molar-refractivity contribution is -0.133. The topological polar surface area (TPSA) is 98.1 Å². The molecular weight excluding hydrogens is 274 g/mol. The fourth-order valence-corrected chi connectivity index (χ4v) is 1.48. The van der Waals surface area contributed by atoms with Crippen molar-refractivity contribution in [3.05, 3.63) is 22.9 Å². The van der Waals surface area contributed by atoms with Crippen LogP contribution >= 0.6 is 0 Å². The fraction of sp³-hybridized carbons (Fsp3) is 0.600. The van der Waals surface area contributed by atoms with Gasteiger partial charge >= 0.3 is 11.9 Å². The predicted molar refractivity (Wildman–Crippen MR) is 82.0 cm³/mol. The molecule has 0 aromatic heterocycles. The average molecular weight is 301 g/mol. The van der Waals surface area contributed by atoms with Crippen LogP contribution in [0.25, 0.3) is 0 Å². The van der Waals surface area contributed by atoms with Gasteiger partial charge in [-0.2, -0.15) is 0 Å². The van der Waals surface area contributed by atoms with E-state index < -0.39 is 11.9 Å². The summed E-state index contributed by atoms with van der Waals surface area (Å²) in [6, 6.07) is 0. The molecule has 0 aliphatic rings. The Bertz CT molecular complexity index is 397. The molecule has 0 aromatic rings. The number of allylic oxidation sites excluding steroid dienone is 1. The molecule has 0 atom stereocenters. The van der Waals surface area contributed by atoms with E-state index in [0.717, 1.165) is 18.5 Å². The molecule has 0 amide bonds. The summed E-state index contributed by atoms with van der Waals surface area (Å²) in [5.41, 5.74) is 1.64. The molecule has 0 aliphatic heterocycles. The third-order valence-corrected chi connectivity index (χ3v) is 2.70. The maximum atomic E-state index is 10.6. The number of hydrogen-bond acceptors (Lipinski definition) is 4. The van der Waals surface area contributed by atoms with Gasteiger partial charge in [-0.25, -0.2) is 9.59 Å². The molecule has 0 heterocycles. The summed E-state index contributed by atoms with van der Waals surface area (Å²) < 4.78 is 0.